The van der Waals surface area contributed by atoms with Gasteiger partial charge in [-0.25, -0.2) is 4.79 Å². The van der Waals surface area contributed by atoms with Crippen molar-refractivity contribution in [2.75, 3.05) is 18.4 Å². The van der Waals surface area contributed by atoms with Crippen molar-refractivity contribution in [1.82, 2.24) is 10.2 Å². The molecule has 26 heavy (non-hydrogen) atoms. The third-order valence-electron chi connectivity index (χ3n) is 4.77. The molecule has 0 radical (unpaired) electrons. The molecule has 2 N–H and O–H groups in total. The van der Waals surface area contributed by atoms with Gasteiger partial charge in [0.15, 0.2) is 0 Å². The number of anilines is 1. The van der Waals surface area contributed by atoms with Gasteiger partial charge in [-0.05, 0) is 50.5 Å². The molecule has 1 heterocycles. The summed E-state index contributed by atoms with van der Waals surface area (Å²) in [6.45, 7) is 5.25. The van der Waals surface area contributed by atoms with Crippen molar-refractivity contribution >= 4 is 17.6 Å². The first-order chi connectivity index (χ1) is 12.5. The highest BCUT2D eigenvalue weighted by Crippen LogP contribution is 2.15. The van der Waals surface area contributed by atoms with Crippen LogP contribution in [0.3, 0.4) is 0 Å². The molecule has 0 bridgehead atoms. The molecule has 2 aromatic rings. The van der Waals surface area contributed by atoms with E-state index in [9.17, 15) is 9.59 Å². The van der Waals surface area contributed by atoms with E-state index >= 15 is 0 Å². The Morgan fingerprint density at radius 3 is 2.35 bits per heavy atom. The summed E-state index contributed by atoms with van der Waals surface area (Å²) in [6, 6.07) is 15.3. The Hall–Kier alpha value is -2.82. The highest BCUT2D eigenvalue weighted by Gasteiger charge is 2.24. The van der Waals surface area contributed by atoms with Gasteiger partial charge in [-0.3, -0.25) is 4.79 Å². The molecule has 1 saturated heterocycles. The quantitative estimate of drug-likeness (QED) is 0.885. The first-order valence-corrected chi connectivity index (χ1v) is 9.02. The van der Waals surface area contributed by atoms with E-state index in [0.717, 1.165) is 35.2 Å². The van der Waals surface area contributed by atoms with E-state index < -0.39 is 0 Å². The lowest BCUT2D eigenvalue weighted by molar-refractivity contribution is 0.0918. The van der Waals surface area contributed by atoms with Crippen LogP contribution in [0, 0.1) is 13.8 Å². The van der Waals surface area contributed by atoms with Crippen molar-refractivity contribution in [2.24, 2.45) is 0 Å². The number of benzene rings is 2. The van der Waals surface area contributed by atoms with Crippen LogP contribution in [0.5, 0.6) is 0 Å². The number of nitrogens with one attached hydrogen (secondary N) is 2. The number of aryl methyl sites for hydroxylation is 2. The Morgan fingerprint density at radius 1 is 1.00 bits per heavy atom. The zero-order valence-corrected chi connectivity index (χ0v) is 15.3. The third kappa shape index (κ3) is 4.42. The van der Waals surface area contributed by atoms with Gasteiger partial charge in [-0.2, -0.15) is 0 Å². The number of rotatable bonds is 3. The molecule has 0 spiro atoms. The van der Waals surface area contributed by atoms with Crippen LogP contribution < -0.4 is 10.6 Å². The molecule has 1 aliphatic heterocycles. The minimum atomic E-state index is -0.0876. The number of carbonyl (C=O) groups excluding carboxylic acids is 2. The van der Waals surface area contributed by atoms with Crippen molar-refractivity contribution in [1.29, 1.82) is 0 Å². The Balaban J connectivity index is 1.50. The Bertz CT molecular complexity index is 781. The molecular formula is C21H25N3O2. The minimum Gasteiger partial charge on any atom is -0.349 e. The summed E-state index contributed by atoms with van der Waals surface area (Å²) in [7, 11) is 0. The van der Waals surface area contributed by atoms with Crippen LogP contribution >= 0.6 is 0 Å². The highest BCUT2D eigenvalue weighted by molar-refractivity contribution is 5.96. The fourth-order valence-corrected chi connectivity index (χ4v) is 3.28. The average Bonchev–Trinajstić information content (AvgIpc) is 2.63. The molecule has 5 nitrogen and oxygen atoms in total. The minimum absolute atomic E-state index is 0.0327. The molecule has 2 aromatic carbocycles. The Morgan fingerprint density at radius 2 is 1.69 bits per heavy atom. The standard InChI is InChI=1S/C21H25N3O2/c1-15-8-9-19(16(2)14-15)20(25)22-18-10-12-24(13-11-18)21(26)23-17-6-4-3-5-7-17/h3-9,14,18H,10-13H2,1-2H3,(H,22,25)(H,23,26). The van der Waals surface area contributed by atoms with E-state index in [0.29, 0.717) is 13.1 Å². The number of likely N-dealkylation sites (tertiary alicyclic amines) is 1. The number of hydrogen-bond donors (Lipinski definition) is 2. The van der Waals surface area contributed by atoms with Crippen molar-refractivity contribution in [3.05, 3.63) is 65.2 Å². The number of urea groups is 1. The lowest BCUT2D eigenvalue weighted by Gasteiger charge is -2.32. The maximum atomic E-state index is 12.5. The fraction of sp³-hybridized carbons (Fsp3) is 0.333. The van der Waals surface area contributed by atoms with Crippen molar-refractivity contribution in [3.63, 3.8) is 0 Å². The third-order valence-corrected chi connectivity index (χ3v) is 4.77. The molecule has 0 saturated carbocycles. The molecular weight excluding hydrogens is 326 g/mol. The molecule has 0 unspecified atom stereocenters. The molecule has 1 aliphatic rings. The van der Waals surface area contributed by atoms with Crippen LogP contribution in [-0.4, -0.2) is 36.0 Å². The van der Waals surface area contributed by atoms with Crippen LogP contribution in [0.15, 0.2) is 48.5 Å². The maximum Gasteiger partial charge on any atom is 0.321 e. The first-order valence-electron chi connectivity index (χ1n) is 9.02. The van der Waals surface area contributed by atoms with E-state index in [1.807, 2.05) is 62.4 Å². The van der Waals surface area contributed by atoms with Gasteiger partial charge in [0.1, 0.15) is 0 Å². The lowest BCUT2D eigenvalue weighted by Crippen LogP contribution is -2.47. The van der Waals surface area contributed by atoms with E-state index in [-0.39, 0.29) is 18.0 Å². The molecule has 136 valence electrons. The normalized spacial score (nSPS) is 14.8. The van der Waals surface area contributed by atoms with Crippen molar-refractivity contribution in [3.8, 4) is 0 Å². The van der Waals surface area contributed by atoms with Crippen LogP contribution in [0.2, 0.25) is 0 Å². The van der Waals surface area contributed by atoms with Gasteiger partial charge in [0.05, 0.1) is 0 Å². The van der Waals surface area contributed by atoms with Gasteiger partial charge in [0, 0.05) is 30.4 Å². The largest absolute Gasteiger partial charge is 0.349 e. The second kappa shape index (κ2) is 8.04. The van der Waals surface area contributed by atoms with Crippen molar-refractivity contribution < 1.29 is 9.59 Å². The summed E-state index contributed by atoms with van der Waals surface area (Å²) in [4.78, 5) is 26.6. The number of amides is 3. The van der Waals surface area contributed by atoms with Gasteiger partial charge >= 0.3 is 6.03 Å². The van der Waals surface area contributed by atoms with Crippen LogP contribution in [0.1, 0.15) is 34.3 Å². The summed E-state index contributed by atoms with van der Waals surface area (Å²) in [5.41, 5.74) is 3.65. The zero-order chi connectivity index (χ0) is 18.5. The summed E-state index contributed by atoms with van der Waals surface area (Å²) < 4.78 is 0. The number of para-hydroxylation sites is 1. The second-order valence-electron chi connectivity index (χ2n) is 6.85. The molecule has 5 heteroatoms. The SMILES string of the molecule is Cc1ccc(C(=O)NC2CCN(C(=O)Nc3ccccc3)CC2)c(C)c1. The fourth-order valence-electron chi connectivity index (χ4n) is 3.28. The molecule has 0 atom stereocenters. The predicted octanol–water partition coefficient (Wildman–Crippen LogP) is 3.73. The highest BCUT2D eigenvalue weighted by atomic mass is 16.2. The van der Waals surface area contributed by atoms with E-state index in [2.05, 4.69) is 10.6 Å². The summed E-state index contributed by atoms with van der Waals surface area (Å²) in [5, 5.41) is 6.01. The van der Waals surface area contributed by atoms with Crippen LogP contribution in [-0.2, 0) is 0 Å². The van der Waals surface area contributed by atoms with Gasteiger partial charge in [0.25, 0.3) is 5.91 Å². The Labute approximate surface area is 154 Å². The average molecular weight is 351 g/mol. The number of piperidine rings is 1. The summed E-state index contributed by atoms with van der Waals surface area (Å²) in [5.74, 6) is -0.0327. The smallest absolute Gasteiger partial charge is 0.321 e. The van der Waals surface area contributed by atoms with E-state index in [4.69, 9.17) is 0 Å². The van der Waals surface area contributed by atoms with E-state index in [1.54, 1.807) is 4.90 Å². The van der Waals surface area contributed by atoms with Gasteiger partial charge in [-0.15, -0.1) is 0 Å². The van der Waals surface area contributed by atoms with Gasteiger partial charge in [0.2, 0.25) is 0 Å². The number of carbonyl (C=O) groups is 2. The van der Waals surface area contributed by atoms with Crippen molar-refractivity contribution in [2.45, 2.75) is 32.7 Å². The monoisotopic (exact) mass is 351 g/mol. The first kappa shape index (κ1) is 18.0. The summed E-state index contributed by atoms with van der Waals surface area (Å²) >= 11 is 0. The van der Waals surface area contributed by atoms with Gasteiger partial charge in [-0.1, -0.05) is 35.9 Å². The molecule has 0 aliphatic carbocycles. The molecule has 3 amide bonds. The van der Waals surface area contributed by atoms with Crippen LogP contribution in [0.25, 0.3) is 0 Å². The van der Waals surface area contributed by atoms with Crippen LogP contribution in [0.4, 0.5) is 10.5 Å². The maximum absolute atomic E-state index is 12.5. The predicted molar refractivity (Wildman–Crippen MR) is 103 cm³/mol. The molecule has 1 fully saturated rings. The molecule has 0 aromatic heterocycles. The van der Waals surface area contributed by atoms with E-state index in [1.165, 1.54) is 0 Å². The number of hydrogen-bond acceptors (Lipinski definition) is 2. The molecule has 3 rings (SSSR count). The van der Waals surface area contributed by atoms with Gasteiger partial charge < -0.3 is 15.5 Å². The lowest BCUT2D eigenvalue weighted by atomic mass is 10.0. The Kier molecular flexibility index (Phi) is 5.56. The number of nitrogens with zero attached hydrogens (tertiary/aromatic N) is 1. The second-order valence-corrected chi connectivity index (χ2v) is 6.85. The zero-order valence-electron chi connectivity index (χ0n) is 15.3. The summed E-state index contributed by atoms with van der Waals surface area (Å²) in [6.07, 6.45) is 1.53. The topological polar surface area (TPSA) is 61.4 Å².